The van der Waals surface area contributed by atoms with Crippen LogP contribution in [-0.2, 0) is 14.6 Å². The summed E-state index contributed by atoms with van der Waals surface area (Å²) in [6, 6.07) is 6.42. The van der Waals surface area contributed by atoms with E-state index < -0.39 is 9.84 Å². The van der Waals surface area contributed by atoms with Gasteiger partial charge in [-0.15, -0.1) is 10.2 Å². The van der Waals surface area contributed by atoms with E-state index in [4.69, 9.17) is 0 Å². The molecule has 1 aromatic carbocycles. The molecule has 0 atom stereocenters. The second kappa shape index (κ2) is 7.59. The van der Waals surface area contributed by atoms with E-state index in [2.05, 4.69) is 20.6 Å². The van der Waals surface area contributed by atoms with Gasteiger partial charge in [-0.1, -0.05) is 23.5 Å². The van der Waals surface area contributed by atoms with Crippen LogP contribution in [0, 0.1) is 6.92 Å². The Morgan fingerprint density at radius 1 is 1.18 bits per heavy atom. The molecule has 0 radical (unpaired) electrons. The highest BCUT2D eigenvalue weighted by Crippen LogP contribution is 2.33. The van der Waals surface area contributed by atoms with E-state index in [9.17, 15) is 13.2 Å². The van der Waals surface area contributed by atoms with Gasteiger partial charge in [0.05, 0.1) is 10.1 Å². The molecule has 2 heterocycles. The summed E-state index contributed by atoms with van der Waals surface area (Å²) in [5.41, 5.74) is 0.811. The van der Waals surface area contributed by atoms with Crippen molar-refractivity contribution in [1.29, 1.82) is 0 Å². The van der Waals surface area contributed by atoms with Gasteiger partial charge in [0.15, 0.2) is 15.5 Å². The summed E-state index contributed by atoms with van der Waals surface area (Å²) in [7, 11) is -3.26. The normalized spacial score (nSPS) is 17.8. The van der Waals surface area contributed by atoms with E-state index in [0.717, 1.165) is 43.8 Å². The lowest BCUT2D eigenvalue weighted by Gasteiger charge is -2.14. The minimum Gasteiger partial charge on any atom is -0.296 e. The molecule has 8 nitrogen and oxygen atoms in total. The standard InChI is InChI=1S/C18H21N5O3S2/c1-12-20-21-18(27-12)19-17(24)16(22-23-10-2-3-11-23)13-4-6-14(7-5-13)28(25,26)15-8-9-15/h4-7,15H,2-3,8-11H2,1H3,(H,19,21,24)/b22-16+. The lowest BCUT2D eigenvalue weighted by molar-refractivity contribution is -0.110. The number of hydrazone groups is 1. The number of carbonyl (C=O) groups is 1. The molecule has 1 aliphatic heterocycles. The van der Waals surface area contributed by atoms with Crippen LogP contribution in [0.25, 0.3) is 0 Å². The van der Waals surface area contributed by atoms with Crippen molar-refractivity contribution in [2.75, 3.05) is 18.4 Å². The molecule has 0 bridgehead atoms. The molecule has 1 aliphatic carbocycles. The maximum Gasteiger partial charge on any atom is 0.278 e. The molecule has 148 valence electrons. The maximum absolute atomic E-state index is 12.9. The first kappa shape index (κ1) is 19.0. The lowest BCUT2D eigenvalue weighted by Crippen LogP contribution is -2.27. The van der Waals surface area contributed by atoms with Crippen LogP contribution in [0.2, 0.25) is 0 Å². The van der Waals surface area contributed by atoms with Crippen LogP contribution in [0.15, 0.2) is 34.3 Å². The van der Waals surface area contributed by atoms with Crippen LogP contribution in [0.1, 0.15) is 36.3 Å². The minimum absolute atomic E-state index is 0.241. The molecule has 2 aliphatic rings. The fraction of sp³-hybridized carbons (Fsp3) is 0.444. The first-order valence-electron chi connectivity index (χ1n) is 9.23. The number of anilines is 1. The van der Waals surface area contributed by atoms with Gasteiger partial charge in [-0.3, -0.25) is 15.1 Å². The van der Waals surface area contributed by atoms with Crippen molar-refractivity contribution in [3.63, 3.8) is 0 Å². The largest absolute Gasteiger partial charge is 0.296 e. The zero-order chi connectivity index (χ0) is 19.7. The Morgan fingerprint density at radius 3 is 2.43 bits per heavy atom. The zero-order valence-corrected chi connectivity index (χ0v) is 17.1. The van der Waals surface area contributed by atoms with E-state index in [0.29, 0.717) is 15.6 Å². The highest BCUT2D eigenvalue weighted by atomic mass is 32.2. The third-order valence-electron chi connectivity index (χ3n) is 4.70. The van der Waals surface area contributed by atoms with E-state index in [-0.39, 0.29) is 16.9 Å². The number of hydrogen-bond acceptors (Lipinski definition) is 8. The Bertz CT molecular complexity index is 1000. The highest BCUT2D eigenvalue weighted by Gasteiger charge is 2.36. The second-order valence-electron chi connectivity index (χ2n) is 6.96. The fourth-order valence-electron chi connectivity index (χ4n) is 3.05. The molecule has 1 saturated heterocycles. The molecule has 1 amide bonds. The first-order valence-corrected chi connectivity index (χ1v) is 11.6. The summed E-state index contributed by atoms with van der Waals surface area (Å²) in [6.07, 6.45) is 3.50. The highest BCUT2D eigenvalue weighted by molar-refractivity contribution is 7.92. The van der Waals surface area contributed by atoms with Gasteiger partial charge in [-0.25, -0.2) is 8.42 Å². The zero-order valence-electron chi connectivity index (χ0n) is 15.5. The average molecular weight is 420 g/mol. The number of amides is 1. The molecular formula is C18H21N5O3S2. The van der Waals surface area contributed by atoms with Gasteiger partial charge in [0, 0.05) is 18.7 Å². The monoisotopic (exact) mass is 419 g/mol. The summed E-state index contributed by atoms with van der Waals surface area (Å²) >= 11 is 1.29. The molecule has 2 fully saturated rings. The van der Waals surface area contributed by atoms with Crippen molar-refractivity contribution in [1.82, 2.24) is 15.2 Å². The number of carbonyl (C=O) groups excluding carboxylic acids is 1. The van der Waals surface area contributed by atoms with Gasteiger partial charge in [-0.05, 0) is 44.7 Å². The predicted molar refractivity (Wildman–Crippen MR) is 107 cm³/mol. The van der Waals surface area contributed by atoms with Gasteiger partial charge in [0.25, 0.3) is 5.91 Å². The van der Waals surface area contributed by atoms with Gasteiger partial charge in [-0.2, -0.15) is 5.10 Å². The van der Waals surface area contributed by atoms with Crippen LogP contribution in [0.3, 0.4) is 0 Å². The van der Waals surface area contributed by atoms with Crippen molar-refractivity contribution >= 4 is 37.9 Å². The topological polar surface area (TPSA) is 105 Å². The number of benzene rings is 1. The molecular weight excluding hydrogens is 398 g/mol. The Balaban J connectivity index is 1.62. The molecule has 1 aromatic heterocycles. The van der Waals surface area contributed by atoms with Crippen molar-refractivity contribution in [2.45, 2.75) is 42.8 Å². The summed E-state index contributed by atoms with van der Waals surface area (Å²) in [5, 5.41) is 17.9. The van der Waals surface area contributed by atoms with Gasteiger partial charge >= 0.3 is 0 Å². The predicted octanol–water partition coefficient (Wildman–Crippen LogP) is 2.22. The van der Waals surface area contributed by atoms with Gasteiger partial charge in [0.1, 0.15) is 5.01 Å². The quantitative estimate of drug-likeness (QED) is 0.720. The van der Waals surface area contributed by atoms with Crippen molar-refractivity contribution in [3.05, 3.63) is 34.8 Å². The smallest absolute Gasteiger partial charge is 0.278 e. The number of hydrogen-bond donors (Lipinski definition) is 1. The summed E-state index contributed by atoms with van der Waals surface area (Å²) < 4.78 is 24.8. The Kier molecular flexibility index (Phi) is 5.15. The number of nitrogens with zero attached hydrogens (tertiary/aromatic N) is 4. The van der Waals surface area contributed by atoms with Crippen LogP contribution in [0.4, 0.5) is 5.13 Å². The van der Waals surface area contributed by atoms with Crippen molar-refractivity contribution < 1.29 is 13.2 Å². The second-order valence-corrected chi connectivity index (χ2v) is 10.4. The van der Waals surface area contributed by atoms with E-state index in [1.54, 1.807) is 24.3 Å². The van der Waals surface area contributed by atoms with Crippen LogP contribution in [-0.4, -0.2) is 53.6 Å². The van der Waals surface area contributed by atoms with Crippen LogP contribution in [0.5, 0.6) is 0 Å². The number of aromatic nitrogens is 2. The fourth-order valence-corrected chi connectivity index (χ4v) is 5.30. The minimum atomic E-state index is -3.26. The SMILES string of the molecule is Cc1nnc(NC(=O)/C(=N/N2CCCC2)c2ccc(S(=O)(=O)C3CC3)cc2)s1. The van der Waals surface area contributed by atoms with Crippen LogP contribution >= 0.6 is 11.3 Å². The lowest BCUT2D eigenvalue weighted by atomic mass is 10.1. The number of aryl methyl sites for hydroxylation is 1. The number of rotatable bonds is 6. The summed E-state index contributed by atoms with van der Waals surface area (Å²) in [6.45, 7) is 3.40. The Hall–Kier alpha value is -2.33. The molecule has 4 rings (SSSR count). The van der Waals surface area contributed by atoms with Crippen molar-refractivity contribution in [2.24, 2.45) is 5.10 Å². The molecule has 0 spiro atoms. The average Bonchev–Trinajstić information content (AvgIpc) is 3.29. The van der Waals surface area contributed by atoms with Gasteiger partial charge in [0.2, 0.25) is 5.13 Å². The van der Waals surface area contributed by atoms with Crippen LogP contribution < -0.4 is 5.32 Å². The van der Waals surface area contributed by atoms with E-state index >= 15 is 0 Å². The molecule has 0 unspecified atom stereocenters. The Labute approximate surface area is 167 Å². The summed E-state index contributed by atoms with van der Waals surface area (Å²) in [5.74, 6) is -0.388. The Morgan fingerprint density at radius 2 is 1.86 bits per heavy atom. The maximum atomic E-state index is 12.9. The first-order chi connectivity index (χ1) is 13.4. The number of sulfone groups is 1. The van der Waals surface area contributed by atoms with Gasteiger partial charge < -0.3 is 0 Å². The van der Waals surface area contributed by atoms with E-state index in [1.807, 2.05) is 11.9 Å². The molecule has 1 saturated carbocycles. The molecule has 1 N–H and O–H groups in total. The molecule has 10 heteroatoms. The number of nitrogens with one attached hydrogen (secondary N) is 1. The molecule has 28 heavy (non-hydrogen) atoms. The third kappa shape index (κ3) is 4.07. The van der Waals surface area contributed by atoms with Crippen molar-refractivity contribution in [3.8, 4) is 0 Å². The molecule has 2 aromatic rings. The third-order valence-corrected chi connectivity index (χ3v) is 7.74. The van der Waals surface area contributed by atoms with E-state index in [1.165, 1.54) is 11.3 Å². The summed E-state index contributed by atoms with van der Waals surface area (Å²) in [4.78, 5) is 13.2.